The molecule has 1 aromatic heterocycles. The van der Waals surface area contributed by atoms with Crippen LogP contribution in [0, 0.1) is 5.92 Å². The Balaban J connectivity index is 2.95. The Morgan fingerprint density at radius 2 is 1.93 bits per heavy atom. The first-order chi connectivity index (χ1) is 6.98. The largest absolute Gasteiger partial charge is 0.382 e. The third kappa shape index (κ3) is 3.24. The first kappa shape index (κ1) is 12.6. The molecule has 1 unspecified atom stereocenters. The lowest BCUT2D eigenvalue weighted by atomic mass is 9.89. The SMILES string of the molecule is CCC(O)(CC(C)C)c1ncc(Br)cn1. The lowest BCUT2D eigenvalue weighted by molar-refractivity contribution is 0.00266. The second-order valence-corrected chi connectivity index (χ2v) is 5.12. The fourth-order valence-electron chi connectivity index (χ4n) is 1.62. The standard InChI is InChI=1S/C11H17BrN2O/c1-4-11(15,5-8(2)3)10-13-6-9(12)7-14-10/h6-8,15H,4-5H2,1-3H3. The normalized spacial score (nSPS) is 15.3. The van der Waals surface area contributed by atoms with Crippen LogP contribution in [0.3, 0.4) is 0 Å². The molecule has 0 spiro atoms. The van der Waals surface area contributed by atoms with E-state index in [1.165, 1.54) is 0 Å². The van der Waals surface area contributed by atoms with E-state index in [9.17, 15) is 5.11 Å². The van der Waals surface area contributed by atoms with Crippen LogP contribution in [0.15, 0.2) is 16.9 Å². The van der Waals surface area contributed by atoms with Gasteiger partial charge in [-0.3, -0.25) is 0 Å². The van der Waals surface area contributed by atoms with Gasteiger partial charge < -0.3 is 5.11 Å². The smallest absolute Gasteiger partial charge is 0.160 e. The molecular formula is C11H17BrN2O. The molecule has 0 bridgehead atoms. The molecule has 0 amide bonds. The van der Waals surface area contributed by atoms with Gasteiger partial charge in [0.1, 0.15) is 5.60 Å². The molecule has 0 fully saturated rings. The molecule has 1 aromatic rings. The van der Waals surface area contributed by atoms with Gasteiger partial charge in [0.25, 0.3) is 0 Å². The maximum Gasteiger partial charge on any atom is 0.160 e. The Hall–Kier alpha value is -0.480. The van der Waals surface area contributed by atoms with Crippen molar-refractivity contribution >= 4 is 15.9 Å². The summed E-state index contributed by atoms with van der Waals surface area (Å²) in [5, 5.41) is 10.4. The summed E-state index contributed by atoms with van der Waals surface area (Å²) >= 11 is 3.28. The molecular weight excluding hydrogens is 256 g/mol. The molecule has 0 saturated heterocycles. The lowest BCUT2D eigenvalue weighted by Crippen LogP contribution is -2.29. The van der Waals surface area contributed by atoms with E-state index >= 15 is 0 Å². The van der Waals surface area contributed by atoms with Crippen molar-refractivity contribution in [2.24, 2.45) is 5.92 Å². The van der Waals surface area contributed by atoms with Crippen LogP contribution in [-0.2, 0) is 5.60 Å². The summed E-state index contributed by atoms with van der Waals surface area (Å²) in [4.78, 5) is 8.33. The zero-order valence-corrected chi connectivity index (χ0v) is 11.0. The molecule has 0 aromatic carbocycles. The maximum atomic E-state index is 10.4. The van der Waals surface area contributed by atoms with Gasteiger partial charge in [0.15, 0.2) is 5.82 Å². The van der Waals surface area contributed by atoms with Gasteiger partial charge in [0.2, 0.25) is 0 Å². The molecule has 84 valence electrons. The van der Waals surface area contributed by atoms with Gasteiger partial charge in [-0.1, -0.05) is 20.8 Å². The van der Waals surface area contributed by atoms with Crippen LogP contribution >= 0.6 is 15.9 Å². The van der Waals surface area contributed by atoms with Crippen LogP contribution < -0.4 is 0 Å². The zero-order chi connectivity index (χ0) is 11.5. The van der Waals surface area contributed by atoms with Crippen LogP contribution in [0.4, 0.5) is 0 Å². The Bertz CT molecular complexity index is 313. The Morgan fingerprint density at radius 3 is 2.33 bits per heavy atom. The minimum absolute atomic E-state index is 0.419. The van der Waals surface area contributed by atoms with E-state index in [1.54, 1.807) is 12.4 Å². The van der Waals surface area contributed by atoms with E-state index < -0.39 is 5.60 Å². The van der Waals surface area contributed by atoms with E-state index in [0.717, 1.165) is 4.47 Å². The van der Waals surface area contributed by atoms with E-state index in [4.69, 9.17) is 0 Å². The summed E-state index contributed by atoms with van der Waals surface area (Å²) in [6.07, 6.45) is 4.66. The van der Waals surface area contributed by atoms with Gasteiger partial charge in [-0.2, -0.15) is 0 Å². The fraction of sp³-hybridized carbons (Fsp3) is 0.636. The van der Waals surface area contributed by atoms with Crippen molar-refractivity contribution in [3.05, 3.63) is 22.7 Å². The predicted octanol–water partition coefficient (Wildman–Crippen LogP) is 2.88. The molecule has 1 N–H and O–H groups in total. The number of nitrogens with zero attached hydrogens (tertiary/aromatic N) is 2. The summed E-state index contributed by atoms with van der Waals surface area (Å²) in [5.41, 5.74) is -0.894. The Labute approximate surface area is 99.1 Å². The van der Waals surface area contributed by atoms with Crippen molar-refractivity contribution in [1.82, 2.24) is 9.97 Å². The molecule has 3 nitrogen and oxygen atoms in total. The van der Waals surface area contributed by atoms with Gasteiger partial charge in [-0.15, -0.1) is 0 Å². The highest BCUT2D eigenvalue weighted by atomic mass is 79.9. The topological polar surface area (TPSA) is 46.0 Å². The second-order valence-electron chi connectivity index (χ2n) is 4.21. The van der Waals surface area contributed by atoms with E-state index in [-0.39, 0.29) is 0 Å². The summed E-state index contributed by atoms with van der Waals surface area (Å²) < 4.78 is 0.828. The minimum atomic E-state index is -0.894. The average Bonchev–Trinajstić information content (AvgIpc) is 2.17. The van der Waals surface area contributed by atoms with Crippen LogP contribution in [0.25, 0.3) is 0 Å². The van der Waals surface area contributed by atoms with Crippen molar-refractivity contribution in [1.29, 1.82) is 0 Å². The van der Waals surface area contributed by atoms with Crippen molar-refractivity contribution in [3.8, 4) is 0 Å². The molecule has 0 saturated carbocycles. The molecule has 15 heavy (non-hydrogen) atoms. The van der Waals surface area contributed by atoms with E-state index in [0.29, 0.717) is 24.6 Å². The van der Waals surface area contributed by atoms with Crippen molar-refractivity contribution in [2.75, 3.05) is 0 Å². The first-order valence-corrected chi connectivity index (χ1v) is 5.97. The lowest BCUT2D eigenvalue weighted by Gasteiger charge is -2.26. The number of rotatable bonds is 4. The summed E-state index contributed by atoms with van der Waals surface area (Å²) in [6.45, 7) is 6.12. The highest BCUT2D eigenvalue weighted by Crippen LogP contribution is 2.29. The van der Waals surface area contributed by atoms with Crippen LogP contribution in [0.1, 0.15) is 39.4 Å². The Kier molecular flexibility index (Phi) is 4.22. The van der Waals surface area contributed by atoms with E-state index in [1.807, 2.05) is 6.92 Å². The molecule has 1 atom stereocenters. The van der Waals surface area contributed by atoms with Gasteiger partial charge in [0, 0.05) is 12.4 Å². The van der Waals surface area contributed by atoms with Crippen molar-refractivity contribution < 1.29 is 5.11 Å². The van der Waals surface area contributed by atoms with Gasteiger partial charge >= 0.3 is 0 Å². The number of aliphatic hydroxyl groups is 1. The summed E-state index contributed by atoms with van der Waals surface area (Å²) in [6, 6.07) is 0. The highest BCUT2D eigenvalue weighted by molar-refractivity contribution is 9.10. The molecule has 0 aliphatic heterocycles. The minimum Gasteiger partial charge on any atom is -0.382 e. The maximum absolute atomic E-state index is 10.4. The van der Waals surface area contributed by atoms with Crippen LogP contribution in [-0.4, -0.2) is 15.1 Å². The molecule has 0 aliphatic carbocycles. The third-order valence-corrected chi connectivity index (χ3v) is 2.78. The molecule has 1 heterocycles. The molecule has 4 heteroatoms. The number of halogens is 1. The highest BCUT2D eigenvalue weighted by Gasteiger charge is 2.30. The fourth-order valence-corrected chi connectivity index (χ4v) is 1.83. The zero-order valence-electron chi connectivity index (χ0n) is 9.37. The monoisotopic (exact) mass is 272 g/mol. The van der Waals surface area contributed by atoms with E-state index in [2.05, 4.69) is 39.7 Å². The number of hydrogen-bond donors (Lipinski definition) is 1. The summed E-state index contributed by atoms with van der Waals surface area (Å²) in [5.74, 6) is 0.934. The van der Waals surface area contributed by atoms with Crippen molar-refractivity contribution in [3.63, 3.8) is 0 Å². The molecule has 1 rings (SSSR count). The summed E-state index contributed by atoms with van der Waals surface area (Å²) in [7, 11) is 0. The number of aromatic nitrogens is 2. The quantitative estimate of drug-likeness (QED) is 0.917. The molecule has 0 radical (unpaired) electrons. The third-order valence-electron chi connectivity index (χ3n) is 2.37. The van der Waals surface area contributed by atoms with Crippen LogP contribution in [0.5, 0.6) is 0 Å². The van der Waals surface area contributed by atoms with Crippen LogP contribution in [0.2, 0.25) is 0 Å². The van der Waals surface area contributed by atoms with Crippen molar-refractivity contribution in [2.45, 2.75) is 39.2 Å². The second kappa shape index (κ2) is 5.03. The average molecular weight is 273 g/mol. The predicted molar refractivity (Wildman–Crippen MR) is 63.4 cm³/mol. The van der Waals surface area contributed by atoms with Gasteiger partial charge in [-0.25, -0.2) is 9.97 Å². The van der Waals surface area contributed by atoms with Gasteiger partial charge in [-0.05, 0) is 34.7 Å². The first-order valence-electron chi connectivity index (χ1n) is 5.18. The number of hydrogen-bond acceptors (Lipinski definition) is 3. The van der Waals surface area contributed by atoms with Gasteiger partial charge in [0.05, 0.1) is 4.47 Å². The Morgan fingerprint density at radius 1 is 1.40 bits per heavy atom. The molecule has 0 aliphatic rings.